The molecule has 0 saturated carbocycles. The van der Waals surface area contributed by atoms with Crippen molar-refractivity contribution in [3.8, 4) is 0 Å². The second-order valence-electron chi connectivity index (χ2n) is 5.40. The molecule has 1 amide bonds. The number of carbonyl (C=O) groups is 2. The van der Waals surface area contributed by atoms with Crippen molar-refractivity contribution in [1.82, 2.24) is 10.2 Å². The summed E-state index contributed by atoms with van der Waals surface area (Å²) in [5.74, 6) is -0.545. The molecule has 1 heterocycles. The molecule has 0 aliphatic rings. The van der Waals surface area contributed by atoms with E-state index in [0.717, 1.165) is 10.8 Å². The van der Waals surface area contributed by atoms with E-state index in [0.29, 0.717) is 21.6 Å². The maximum atomic E-state index is 12.4. The van der Waals surface area contributed by atoms with Crippen LogP contribution in [0.3, 0.4) is 0 Å². The summed E-state index contributed by atoms with van der Waals surface area (Å²) in [4.78, 5) is 24.1. The van der Waals surface area contributed by atoms with Crippen LogP contribution in [0.25, 0.3) is 10.8 Å². The Morgan fingerprint density at radius 3 is 2.73 bits per heavy atom. The van der Waals surface area contributed by atoms with Crippen LogP contribution in [0.1, 0.15) is 24.2 Å². The summed E-state index contributed by atoms with van der Waals surface area (Å²) >= 11 is 2.48. The van der Waals surface area contributed by atoms with Gasteiger partial charge in [-0.1, -0.05) is 53.4 Å². The van der Waals surface area contributed by atoms with Gasteiger partial charge in [0.05, 0.1) is 6.61 Å². The summed E-state index contributed by atoms with van der Waals surface area (Å²) in [5.41, 5.74) is 0.549. The van der Waals surface area contributed by atoms with Crippen molar-refractivity contribution in [2.75, 3.05) is 11.9 Å². The topological polar surface area (TPSA) is 81.2 Å². The molecule has 0 saturated heterocycles. The Morgan fingerprint density at radius 1 is 1.19 bits per heavy atom. The largest absolute Gasteiger partial charge is 0.465 e. The Balaban J connectivity index is 1.66. The second kappa shape index (κ2) is 8.29. The van der Waals surface area contributed by atoms with Gasteiger partial charge in [0.1, 0.15) is 5.25 Å². The average molecular weight is 387 g/mol. The number of carbonyl (C=O) groups excluding carboxylic acids is 2. The van der Waals surface area contributed by atoms with Crippen LogP contribution in [-0.4, -0.2) is 33.9 Å². The molecule has 1 N–H and O–H groups in total. The molecule has 3 aromatic rings. The number of nitrogens with zero attached hydrogens (tertiary/aromatic N) is 2. The van der Waals surface area contributed by atoms with E-state index < -0.39 is 0 Å². The number of nitrogens with one attached hydrogen (secondary N) is 1. The monoisotopic (exact) mass is 387 g/mol. The Hall–Kier alpha value is -2.45. The van der Waals surface area contributed by atoms with Gasteiger partial charge >= 0.3 is 5.97 Å². The zero-order chi connectivity index (χ0) is 18.5. The number of hydrogen-bond acceptors (Lipinski definition) is 7. The summed E-state index contributed by atoms with van der Waals surface area (Å²) < 4.78 is 5.56. The van der Waals surface area contributed by atoms with Gasteiger partial charge in [0.2, 0.25) is 5.13 Å². The van der Waals surface area contributed by atoms with E-state index in [4.69, 9.17) is 4.74 Å². The summed E-state index contributed by atoms with van der Waals surface area (Å²) in [6.45, 7) is 3.85. The summed E-state index contributed by atoms with van der Waals surface area (Å²) in [5, 5.41) is 12.8. The SMILES string of the molecule is CCOC(=O)C(C)Sc1nnc(NC(=O)c2ccc3ccccc3c2)s1. The molecule has 1 unspecified atom stereocenters. The van der Waals surface area contributed by atoms with Crippen LogP contribution in [0.5, 0.6) is 0 Å². The highest BCUT2D eigenvalue weighted by Crippen LogP contribution is 2.29. The molecule has 0 spiro atoms. The number of benzene rings is 2. The van der Waals surface area contributed by atoms with Gasteiger partial charge in [0, 0.05) is 5.56 Å². The maximum Gasteiger partial charge on any atom is 0.319 e. The number of aromatic nitrogens is 2. The highest BCUT2D eigenvalue weighted by molar-refractivity contribution is 8.02. The molecule has 26 heavy (non-hydrogen) atoms. The first-order valence-electron chi connectivity index (χ1n) is 8.03. The highest BCUT2D eigenvalue weighted by Gasteiger charge is 2.18. The van der Waals surface area contributed by atoms with Gasteiger partial charge in [-0.25, -0.2) is 0 Å². The van der Waals surface area contributed by atoms with E-state index in [-0.39, 0.29) is 17.1 Å². The lowest BCUT2D eigenvalue weighted by Crippen LogP contribution is -2.16. The van der Waals surface area contributed by atoms with Crippen molar-refractivity contribution in [2.45, 2.75) is 23.4 Å². The van der Waals surface area contributed by atoms with Gasteiger partial charge in [-0.2, -0.15) is 0 Å². The second-order valence-corrected chi connectivity index (χ2v) is 7.97. The molecule has 1 atom stereocenters. The Morgan fingerprint density at radius 2 is 1.96 bits per heavy atom. The molecule has 134 valence electrons. The molecule has 0 aliphatic carbocycles. The van der Waals surface area contributed by atoms with Gasteiger partial charge in [-0.15, -0.1) is 10.2 Å². The zero-order valence-corrected chi connectivity index (χ0v) is 15.9. The first-order chi connectivity index (χ1) is 12.6. The van der Waals surface area contributed by atoms with Crippen LogP contribution in [-0.2, 0) is 9.53 Å². The number of fused-ring (bicyclic) bond motifs is 1. The maximum absolute atomic E-state index is 12.4. The van der Waals surface area contributed by atoms with Crippen molar-refractivity contribution in [2.24, 2.45) is 0 Å². The molecule has 0 fully saturated rings. The zero-order valence-electron chi connectivity index (χ0n) is 14.3. The molecule has 3 rings (SSSR count). The third-order valence-electron chi connectivity index (χ3n) is 3.53. The fourth-order valence-corrected chi connectivity index (χ4v) is 4.16. The number of esters is 1. The van der Waals surface area contributed by atoms with Crippen molar-refractivity contribution in [3.63, 3.8) is 0 Å². The van der Waals surface area contributed by atoms with Gasteiger partial charge < -0.3 is 4.74 Å². The minimum atomic E-state index is -0.382. The molecule has 2 aromatic carbocycles. The van der Waals surface area contributed by atoms with Crippen LogP contribution in [0, 0.1) is 0 Å². The van der Waals surface area contributed by atoms with Gasteiger partial charge in [0.25, 0.3) is 5.91 Å². The molecule has 0 radical (unpaired) electrons. The average Bonchev–Trinajstić information content (AvgIpc) is 3.08. The van der Waals surface area contributed by atoms with E-state index in [2.05, 4.69) is 15.5 Å². The number of thioether (sulfide) groups is 1. The Kier molecular flexibility index (Phi) is 5.85. The molecule has 0 bridgehead atoms. The lowest BCUT2D eigenvalue weighted by molar-refractivity contribution is -0.142. The molecular weight excluding hydrogens is 370 g/mol. The van der Waals surface area contributed by atoms with Crippen molar-refractivity contribution in [1.29, 1.82) is 0 Å². The van der Waals surface area contributed by atoms with Crippen LogP contribution in [0.4, 0.5) is 5.13 Å². The van der Waals surface area contributed by atoms with E-state index in [1.165, 1.54) is 23.1 Å². The van der Waals surface area contributed by atoms with Crippen LogP contribution in [0.15, 0.2) is 46.8 Å². The van der Waals surface area contributed by atoms with E-state index in [1.807, 2.05) is 36.4 Å². The fourth-order valence-electron chi connectivity index (χ4n) is 2.27. The molecule has 8 heteroatoms. The molecular formula is C18H17N3O3S2. The van der Waals surface area contributed by atoms with E-state index in [1.54, 1.807) is 19.9 Å². The smallest absolute Gasteiger partial charge is 0.319 e. The predicted molar refractivity (Wildman–Crippen MR) is 104 cm³/mol. The van der Waals surface area contributed by atoms with E-state index >= 15 is 0 Å². The lowest BCUT2D eigenvalue weighted by Gasteiger charge is -2.07. The van der Waals surface area contributed by atoms with Crippen molar-refractivity contribution >= 4 is 50.9 Å². The Labute approximate surface area is 159 Å². The van der Waals surface area contributed by atoms with Crippen molar-refractivity contribution < 1.29 is 14.3 Å². The van der Waals surface area contributed by atoms with Gasteiger partial charge in [-0.3, -0.25) is 14.9 Å². The molecule has 0 aliphatic heterocycles. The number of ether oxygens (including phenoxy) is 1. The third-order valence-corrected chi connectivity index (χ3v) is 5.54. The Bertz CT molecular complexity index is 942. The fraction of sp³-hybridized carbons (Fsp3) is 0.222. The minimum Gasteiger partial charge on any atom is -0.465 e. The number of amides is 1. The third kappa shape index (κ3) is 4.39. The number of anilines is 1. The number of rotatable bonds is 6. The lowest BCUT2D eigenvalue weighted by atomic mass is 10.1. The molecule has 6 nitrogen and oxygen atoms in total. The minimum absolute atomic E-state index is 0.248. The van der Waals surface area contributed by atoms with Gasteiger partial charge in [-0.05, 0) is 36.8 Å². The van der Waals surface area contributed by atoms with Crippen molar-refractivity contribution in [3.05, 3.63) is 48.0 Å². The summed E-state index contributed by atoms with van der Waals surface area (Å²) in [6.07, 6.45) is 0. The van der Waals surface area contributed by atoms with Crippen LogP contribution < -0.4 is 5.32 Å². The molecule has 1 aromatic heterocycles. The first kappa shape index (κ1) is 18.3. The standard InChI is InChI=1S/C18H17N3O3S2/c1-3-24-16(23)11(2)25-18-21-20-17(26-18)19-15(22)14-9-8-12-6-4-5-7-13(12)10-14/h4-11H,3H2,1-2H3,(H,19,20,22). The highest BCUT2D eigenvalue weighted by atomic mass is 32.2. The quantitative estimate of drug-likeness (QED) is 0.391. The van der Waals surface area contributed by atoms with Crippen LogP contribution in [0.2, 0.25) is 0 Å². The summed E-state index contributed by atoms with van der Waals surface area (Å²) in [6, 6.07) is 13.4. The number of hydrogen-bond donors (Lipinski definition) is 1. The summed E-state index contributed by atoms with van der Waals surface area (Å²) in [7, 11) is 0. The first-order valence-corrected chi connectivity index (χ1v) is 9.73. The normalized spacial score (nSPS) is 11.9. The van der Waals surface area contributed by atoms with Crippen LogP contribution >= 0.6 is 23.1 Å². The predicted octanol–water partition coefficient (Wildman–Crippen LogP) is 3.99. The van der Waals surface area contributed by atoms with E-state index in [9.17, 15) is 9.59 Å². The van der Waals surface area contributed by atoms with Gasteiger partial charge in [0.15, 0.2) is 4.34 Å².